The summed E-state index contributed by atoms with van der Waals surface area (Å²) < 4.78 is 0. The molecule has 1 atom stereocenters. The number of rotatable bonds is 6. The van der Waals surface area contributed by atoms with Crippen LogP contribution < -0.4 is 5.32 Å². The Hall–Kier alpha value is -1.98. The van der Waals surface area contributed by atoms with E-state index in [9.17, 15) is 5.11 Å². The highest BCUT2D eigenvalue weighted by Crippen LogP contribution is 2.17. The van der Waals surface area contributed by atoms with Crippen molar-refractivity contribution in [2.24, 2.45) is 0 Å². The van der Waals surface area contributed by atoms with E-state index in [1.807, 2.05) is 24.5 Å². The molecule has 0 spiro atoms. The van der Waals surface area contributed by atoms with Crippen LogP contribution in [0.15, 0.2) is 36.7 Å². The molecule has 0 amide bonds. The van der Waals surface area contributed by atoms with Crippen LogP contribution in [0, 0.1) is 0 Å². The zero-order chi connectivity index (χ0) is 16.8. The highest BCUT2D eigenvalue weighted by atomic mass is 16.3. The molecule has 1 aliphatic heterocycles. The molecule has 1 aliphatic rings. The molecule has 0 aliphatic carbocycles. The predicted octanol–water partition coefficient (Wildman–Crippen LogP) is 2.50. The number of hydrogen-bond donors (Lipinski definition) is 2. The van der Waals surface area contributed by atoms with Gasteiger partial charge < -0.3 is 10.4 Å². The summed E-state index contributed by atoms with van der Waals surface area (Å²) in [6.45, 7) is 5.91. The predicted molar refractivity (Wildman–Crippen MR) is 94.7 cm³/mol. The Labute approximate surface area is 143 Å². The Bertz CT molecular complexity index is 644. The van der Waals surface area contributed by atoms with Gasteiger partial charge in [-0.15, -0.1) is 0 Å². The molecule has 1 aromatic carbocycles. The molecule has 24 heavy (non-hydrogen) atoms. The monoisotopic (exact) mass is 326 g/mol. The molecule has 1 unspecified atom stereocenters. The summed E-state index contributed by atoms with van der Waals surface area (Å²) in [6.07, 6.45) is 7.12. The van der Waals surface area contributed by atoms with Gasteiger partial charge in [0.2, 0.25) is 0 Å². The molecule has 1 aromatic heterocycles. The van der Waals surface area contributed by atoms with Crippen LogP contribution in [-0.4, -0.2) is 39.1 Å². The zero-order valence-corrected chi connectivity index (χ0v) is 14.3. The summed E-state index contributed by atoms with van der Waals surface area (Å²) in [5.41, 5.74) is 2.30. The van der Waals surface area contributed by atoms with E-state index in [2.05, 4.69) is 33.2 Å². The fourth-order valence-corrected chi connectivity index (χ4v) is 3.20. The summed E-state index contributed by atoms with van der Waals surface area (Å²) in [4.78, 5) is 11.2. The smallest absolute Gasteiger partial charge is 0.127 e. The van der Waals surface area contributed by atoms with E-state index in [1.165, 1.54) is 18.4 Å². The second-order valence-corrected chi connectivity index (χ2v) is 6.49. The molecule has 3 rings (SSSR count). The van der Waals surface area contributed by atoms with E-state index < -0.39 is 0 Å². The molecule has 2 heterocycles. The molecule has 0 radical (unpaired) electrons. The van der Waals surface area contributed by atoms with Crippen molar-refractivity contribution in [3.63, 3.8) is 0 Å². The standard InChI is InChI=1S/C19H26N4O/c1-2-19-21-11-16(12-22-19)10-20-17-6-4-8-23(14-17)13-15-5-3-7-18(24)9-15/h3,5,7,9,11-12,17,20,24H,2,4,6,8,10,13-14H2,1H3. The van der Waals surface area contributed by atoms with Crippen molar-refractivity contribution in [2.45, 2.75) is 45.3 Å². The Kier molecular flexibility index (Phi) is 5.77. The first-order chi connectivity index (χ1) is 11.7. The van der Waals surface area contributed by atoms with Crippen molar-refractivity contribution >= 4 is 0 Å². The van der Waals surface area contributed by atoms with Crippen LogP contribution in [0.2, 0.25) is 0 Å². The van der Waals surface area contributed by atoms with E-state index in [4.69, 9.17) is 0 Å². The van der Waals surface area contributed by atoms with Gasteiger partial charge >= 0.3 is 0 Å². The number of likely N-dealkylation sites (tertiary alicyclic amines) is 1. The summed E-state index contributed by atoms with van der Waals surface area (Å²) >= 11 is 0. The highest BCUT2D eigenvalue weighted by molar-refractivity contribution is 5.27. The first-order valence-corrected chi connectivity index (χ1v) is 8.76. The van der Waals surface area contributed by atoms with Crippen LogP contribution in [0.25, 0.3) is 0 Å². The van der Waals surface area contributed by atoms with Crippen molar-refractivity contribution in [2.75, 3.05) is 13.1 Å². The van der Waals surface area contributed by atoms with E-state index in [0.717, 1.165) is 44.0 Å². The van der Waals surface area contributed by atoms with Crippen molar-refractivity contribution in [1.29, 1.82) is 0 Å². The minimum Gasteiger partial charge on any atom is -0.508 e. The number of phenolic OH excluding ortho intramolecular Hbond substituents is 1. The Morgan fingerprint density at radius 3 is 2.83 bits per heavy atom. The maximum Gasteiger partial charge on any atom is 0.127 e. The van der Waals surface area contributed by atoms with Crippen molar-refractivity contribution in [3.05, 3.63) is 53.6 Å². The average Bonchev–Trinajstić information content (AvgIpc) is 2.61. The lowest BCUT2D eigenvalue weighted by Gasteiger charge is -2.33. The summed E-state index contributed by atoms with van der Waals surface area (Å²) in [5.74, 6) is 1.24. The zero-order valence-electron chi connectivity index (χ0n) is 14.3. The van der Waals surface area contributed by atoms with Crippen LogP contribution in [0.5, 0.6) is 5.75 Å². The Morgan fingerprint density at radius 2 is 2.08 bits per heavy atom. The van der Waals surface area contributed by atoms with Gasteiger partial charge in [0.15, 0.2) is 0 Å². The van der Waals surface area contributed by atoms with E-state index in [0.29, 0.717) is 11.8 Å². The molecule has 0 saturated carbocycles. The van der Waals surface area contributed by atoms with Crippen molar-refractivity contribution in [1.82, 2.24) is 20.2 Å². The molecule has 2 N–H and O–H groups in total. The number of piperidine rings is 1. The number of nitrogens with one attached hydrogen (secondary N) is 1. The third kappa shape index (κ3) is 4.76. The molecule has 0 bridgehead atoms. The fraction of sp³-hybridized carbons (Fsp3) is 0.474. The van der Waals surface area contributed by atoms with Gasteiger partial charge in [-0.3, -0.25) is 4.90 Å². The number of hydrogen-bond acceptors (Lipinski definition) is 5. The number of nitrogens with zero attached hydrogens (tertiary/aromatic N) is 3. The molecule has 1 saturated heterocycles. The number of aromatic hydroxyl groups is 1. The maximum absolute atomic E-state index is 9.60. The average molecular weight is 326 g/mol. The Morgan fingerprint density at radius 1 is 1.25 bits per heavy atom. The summed E-state index contributed by atoms with van der Waals surface area (Å²) in [5, 5.41) is 13.2. The van der Waals surface area contributed by atoms with Crippen molar-refractivity contribution in [3.8, 4) is 5.75 Å². The van der Waals surface area contributed by atoms with Crippen LogP contribution in [0.3, 0.4) is 0 Å². The van der Waals surface area contributed by atoms with Gasteiger partial charge in [-0.05, 0) is 37.1 Å². The topological polar surface area (TPSA) is 61.3 Å². The second kappa shape index (κ2) is 8.22. The summed E-state index contributed by atoms with van der Waals surface area (Å²) in [6, 6.07) is 8.04. The van der Waals surface area contributed by atoms with Gasteiger partial charge in [0.1, 0.15) is 11.6 Å². The second-order valence-electron chi connectivity index (χ2n) is 6.49. The van der Waals surface area contributed by atoms with Crippen LogP contribution in [-0.2, 0) is 19.5 Å². The molecule has 1 fully saturated rings. The number of benzene rings is 1. The van der Waals surface area contributed by atoms with Crippen LogP contribution >= 0.6 is 0 Å². The molecule has 2 aromatic rings. The minimum atomic E-state index is 0.342. The van der Waals surface area contributed by atoms with Gasteiger partial charge in [-0.1, -0.05) is 19.1 Å². The quantitative estimate of drug-likeness (QED) is 0.854. The molecule has 5 nitrogen and oxygen atoms in total. The first-order valence-electron chi connectivity index (χ1n) is 8.76. The van der Waals surface area contributed by atoms with E-state index in [-0.39, 0.29) is 0 Å². The third-order valence-corrected chi connectivity index (χ3v) is 4.49. The van der Waals surface area contributed by atoms with Gasteiger partial charge in [-0.25, -0.2) is 9.97 Å². The maximum atomic E-state index is 9.60. The lowest BCUT2D eigenvalue weighted by Crippen LogP contribution is -2.45. The van der Waals surface area contributed by atoms with Gasteiger partial charge in [0.05, 0.1) is 0 Å². The molecule has 128 valence electrons. The largest absolute Gasteiger partial charge is 0.508 e. The first kappa shape index (κ1) is 16.9. The molecule has 5 heteroatoms. The Balaban J connectivity index is 1.49. The van der Waals surface area contributed by atoms with E-state index in [1.54, 1.807) is 6.07 Å². The van der Waals surface area contributed by atoms with E-state index >= 15 is 0 Å². The van der Waals surface area contributed by atoms with Crippen LogP contribution in [0.1, 0.15) is 36.7 Å². The lowest BCUT2D eigenvalue weighted by atomic mass is 10.0. The summed E-state index contributed by atoms with van der Waals surface area (Å²) in [7, 11) is 0. The number of phenols is 1. The van der Waals surface area contributed by atoms with Gasteiger partial charge in [0.25, 0.3) is 0 Å². The third-order valence-electron chi connectivity index (χ3n) is 4.49. The fourth-order valence-electron chi connectivity index (χ4n) is 3.20. The minimum absolute atomic E-state index is 0.342. The highest BCUT2D eigenvalue weighted by Gasteiger charge is 2.19. The number of aryl methyl sites for hydroxylation is 1. The lowest BCUT2D eigenvalue weighted by molar-refractivity contribution is 0.182. The van der Waals surface area contributed by atoms with Crippen LogP contribution in [0.4, 0.5) is 0 Å². The molecular formula is C19H26N4O. The molecular weight excluding hydrogens is 300 g/mol. The number of aromatic nitrogens is 2. The SMILES string of the molecule is CCc1ncc(CNC2CCCN(Cc3cccc(O)c3)C2)cn1. The normalized spacial score (nSPS) is 18.6. The van der Waals surface area contributed by atoms with Crippen molar-refractivity contribution < 1.29 is 5.11 Å². The van der Waals surface area contributed by atoms with Gasteiger partial charge in [-0.2, -0.15) is 0 Å². The van der Waals surface area contributed by atoms with Gasteiger partial charge in [0, 0.05) is 50.1 Å².